The maximum Gasteiger partial charge on any atom is 0.509 e. The summed E-state index contributed by atoms with van der Waals surface area (Å²) in [6.07, 6.45) is -6.31. The van der Waals surface area contributed by atoms with Gasteiger partial charge in [-0.25, -0.2) is 28.1 Å². The zero-order valence-electron chi connectivity index (χ0n) is 36.0. The Kier molecular flexibility index (Phi) is 15.8. The van der Waals surface area contributed by atoms with Crippen LogP contribution in [0.15, 0.2) is 71.7 Å². The Morgan fingerprint density at radius 1 is 0.885 bits per heavy atom. The van der Waals surface area contributed by atoms with Crippen molar-refractivity contribution in [2.75, 3.05) is 11.5 Å². The van der Waals surface area contributed by atoms with Gasteiger partial charge in [-0.2, -0.15) is 15.0 Å². The van der Waals surface area contributed by atoms with E-state index in [-0.39, 0.29) is 12.4 Å². The van der Waals surface area contributed by atoms with Crippen molar-refractivity contribution < 1.29 is 60.9 Å². The zero-order valence-corrected chi connectivity index (χ0v) is 37.7. The van der Waals surface area contributed by atoms with E-state index < -0.39 is 95.9 Å². The van der Waals surface area contributed by atoms with Gasteiger partial charge in [0.2, 0.25) is 0 Å². The SMILES string of the molecule is Cc1ccc(OP(=O)(N[C@@H](C)C(=O)OCc2ccccc2)OC[C@H]2S[C@@H](n3ccc(N(C(=O)OC(C)(C)C)C(=O)OC(C)(C)C)nc3=O)[C@@H](F)[C@@H]2OC(=O)OC(C)(C)C)cc1. The number of halogens is 1. The number of imide groups is 1. The molecule has 4 rings (SSSR count). The van der Waals surface area contributed by atoms with Crippen LogP contribution in [0, 0.1) is 6.92 Å². The first kappa shape index (κ1) is 48.7. The molecular weight excluding hydrogens is 839 g/mol. The molecular formula is C41H54FN4O13PS. The monoisotopic (exact) mass is 892 g/mol. The van der Waals surface area contributed by atoms with Gasteiger partial charge in [-0.15, -0.1) is 11.8 Å². The number of carbonyl (C=O) groups is 4. The summed E-state index contributed by atoms with van der Waals surface area (Å²) in [5.74, 6) is -1.14. The van der Waals surface area contributed by atoms with Crippen LogP contribution in [0.2, 0.25) is 0 Å². The minimum absolute atomic E-state index is 0.0629. The Bertz CT molecular complexity index is 2090. The molecule has 1 unspecified atom stereocenters. The highest BCUT2D eigenvalue weighted by molar-refractivity contribution is 8.00. The molecule has 1 saturated heterocycles. The first-order valence-electron chi connectivity index (χ1n) is 19.3. The predicted octanol–water partition coefficient (Wildman–Crippen LogP) is 8.43. The maximum atomic E-state index is 16.7. The Hall–Kier alpha value is -4.97. The molecule has 0 saturated carbocycles. The van der Waals surface area contributed by atoms with Crippen LogP contribution in [0.4, 0.5) is 24.6 Å². The van der Waals surface area contributed by atoms with E-state index in [0.29, 0.717) is 4.90 Å². The summed E-state index contributed by atoms with van der Waals surface area (Å²) in [4.78, 5) is 70.4. The lowest BCUT2D eigenvalue weighted by atomic mass is 10.1. The molecule has 20 heteroatoms. The smallest absolute Gasteiger partial charge is 0.460 e. The molecule has 1 fully saturated rings. The summed E-state index contributed by atoms with van der Waals surface area (Å²) < 4.78 is 70.6. The number of benzene rings is 2. The number of aromatic nitrogens is 2. The summed E-state index contributed by atoms with van der Waals surface area (Å²) in [7, 11) is -4.53. The van der Waals surface area contributed by atoms with Gasteiger partial charge in [0.1, 0.15) is 40.6 Å². The Morgan fingerprint density at radius 3 is 2.00 bits per heavy atom. The summed E-state index contributed by atoms with van der Waals surface area (Å²) >= 11 is 0.774. The number of nitrogens with one attached hydrogen (secondary N) is 1. The lowest BCUT2D eigenvalue weighted by Gasteiger charge is -2.28. The third-order valence-electron chi connectivity index (χ3n) is 7.94. The van der Waals surface area contributed by atoms with Gasteiger partial charge in [-0.1, -0.05) is 48.0 Å². The van der Waals surface area contributed by atoms with E-state index in [1.807, 2.05) is 13.0 Å². The Morgan fingerprint density at radius 2 is 1.46 bits per heavy atom. The van der Waals surface area contributed by atoms with Gasteiger partial charge in [-0.05, 0) is 99.9 Å². The molecule has 1 aromatic heterocycles. The van der Waals surface area contributed by atoms with Crippen LogP contribution >= 0.6 is 19.5 Å². The summed E-state index contributed by atoms with van der Waals surface area (Å²) in [6, 6.07) is 15.2. The van der Waals surface area contributed by atoms with Crippen LogP contribution < -0.4 is 20.2 Å². The third-order valence-corrected chi connectivity index (χ3v) is 11.1. The molecule has 0 bridgehead atoms. The van der Waals surface area contributed by atoms with E-state index in [4.69, 9.17) is 32.7 Å². The zero-order chi connectivity index (χ0) is 45.5. The normalized spacial score (nSPS) is 19.5. The average Bonchev–Trinajstić information content (AvgIpc) is 3.42. The van der Waals surface area contributed by atoms with Gasteiger partial charge < -0.3 is 28.2 Å². The lowest BCUT2D eigenvalue weighted by Crippen LogP contribution is -2.45. The van der Waals surface area contributed by atoms with Gasteiger partial charge in [0.25, 0.3) is 0 Å². The number of amides is 2. The molecule has 2 heterocycles. The molecule has 61 heavy (non-hydrogen) atoms. The lowest BCUT2D eigenvalue weighted by molar-refractivity contribution is -0.146. The fourth-order valence-corrected chi connectivity index (χ4v) is 8.40. The minimum atomic E-state index is -4.53. The van der Waals surface area contributed by atoms with Crippen molar-refractivity contribution in [1.82, 2.24) is 14.6 Å². The number of anilines is 1. The Balaban J connectivity index is 1.65. The quantitative estimate of drug-likeness (QED) is 0.0973. The van der Waals surface area contributed by atoms with E-state index in [1.165, 1.54) is 19.1 Å². The number of rotatable bonds is 13. The molecule has 0 spiro atoms. The first-order valence-corrected chi connectivity index (χ1v) is 21.7. The molecule has 2 amide bonds. The van der Waals surface area contributed by atoms with Gasteiger partial charge in [-0.3, -0.25) is 13.9 Å². The summed E-state index contributed by atoms with van der Waals surface area (Å²) in [5.41, 5.74) is -2.65. The molecule has 1 aliphatic heterocycles. The molecule has 17 nitrogen and oxygen atoms in total. The van der Waals surface area contributed by atoms with Crippen molar-refractivity contribution in [2.24, 2.45) is 0 Å². The van der Waals surface area contributed by atoms with Crippen molar-refractivity contribution in [3.05, 3.63) is 88.5 Å². The second-order valence-electron chi connectivity index (χ2n) is 17.0. The Labute approximate surface area is 358 Å². The standard InChI is InChI=1S/C41H54FN4O13PS/c1-25-17-19-28(20-18-25)59-60(52,44-26(2)34(47)53-23-27-15-13-12-14-16-27)54-24-29-32(55-38(51)58-41(9,10)11)31(42)33(61-29)45-22-21-30(43-35(45)48)46(36(49)56-39(3,4)5)37(50)57-40(6,7)8/h12-22,26,29,31-33H,23-24H2,1-11H3,(H,44,52)/t26-,29+,31-,32+,33+,60?/m0/s1. The average molecular weight is 893 g/mol. The molecule has 334 valence electrons. The van der Waals surface area contributed by atoms with Crippen molar-refractivity contribution in [3.8, 4) is 5.75 Å². The van der Waals surface area contributed by atoms with E-state index in [9.17, 15) is 28.5 Å². The van der Waals surface area contributed by atoms with Gasteiger partial charge in [0.15, 0.2) is 18.1 Å². The highest BCUT2D eigenvalue weighted by atomic mass is 32.2. The van der Waals surface area contributed by atoms with Crippen molar-refractivity contribution >= 4 is 49.6 Å². The van der Waals surface area contributed by atoms with Crippen molar-refractivity contribution in [1.29, 1.82) is 0 Å². The van der Waals surface area contributed by atoms with Gasteiger partial charge in [0.05, 0.1) is 11.9 Å². The molecule has 1 N–H and O–H groups in total. The predicted molar refractivity (Wildman–Crippen MR) is 224 cm³/mol. The van der Waals surface area contributed by atoms with Crippen LogP contribution in [-0.4, -0.2) is 80.8 Å². The molecule has 0 aliphatic carbocycles. The number of nitrogens with zero attached hydrogens (tertiary/aromatic N) is 3. The van der Waals surface area contributed by atoms with E-state index in [0.717, 1.165) is 39.7 Å². The highest BCUT2D eigenvalue weighted by Gasteiger charge is 2.50. The number of alkyl halides is 1. The van der Waals surface area contributed by atoms with E-state index in [2.05, 4.69) is 10.1 Å². The van der Waals surface area contributed by atoms with E-state index in [1.54, 1.807) is 98.7 Å². The van der Waals surface area contributed by atoms with E-state index >= 15 is 4.39 Å². The van der Waals surface area contributed by atoms with Crippen LogP contribution in [0.5, 0.6) is 5.75 Å². The first-order chi connectivity index (χ1) is 28.2. The number of hydrogen-bond acceptors (Lipinski definition) is 15. The number of thioether (sulfide) groups is 1. The van der Waals surface area contributed by atoms with Crippen LogP contribution in [-0.2, 0) is 44.2 Å². The minimum Gasteiger partial charge on any atom is -0.460 e. The van der Waals surface area contributed by atoms with Gasteiger partial charge in [0, 0.05) is 6.20 Å². The third kappa shape index (κ3) is 14.9. The van der Waals surface area contributed by atoms with Crippen LogP contribution in [0.1, 0.15) is 85.7 Å². The molecule has 2 aromatic carbocycles. The number of esters is 1. The van der Waals surface area contributed by atoms with Crippen molar-refractivity contribution in [3.63, 3.8) is 0 Å². The molecule has 1 aliphatic rings. The summed E-state index contributed by atoms with van der Waals surface area (Å²) in [6.45, 7) is 16.7. The fourth-order valence-electron chi connectivity index (χ4n) is 5.32. The molecule has 3 aromatic rings. The number of ether oxygens (including phenoxy) is 5. The molecule has 0 radical (unpaired) electrons. The highest BCUT2D eigenvalue weighted by Crippen LogP contribution is 2.50. The fraction of sp³-hybridized carbons (Fsp3) is 0.512. The number of aryl methyl sites for hydroxylation is 1. The van der Waals surface area contributed by atoms with Crippen LogP contribution in [0.3, 0.4) is 0 Å². The van der Waals surface area contributed by atoms with Crippen LogP contribution in [0.25, 0.3) is 0 Å². The topological polar surface area (TPSA) is 200 Å². The second-order valence-corrected chi connectivity index (χ2v) is 20.0. The second kappa shape index (κ2) is 19.8. The molecule has 6 atom stereocenters. The van der Waals surface area contributed by atoms with Gasteiger partial charge >= 0.3 is 37.7 Å². The number of hydrogen-bond donors (Lipinski definition) is 1. The number of carbonyl (C=O) groups excluding carboxylic acids is 4. The van der Waals surface area contributed by atoms with Crippen molar-refractivity contribution in [2.45, 2.75) is 129 Å². The largest absolute Gasteiger partial charge is 0.509 e. The summed E-state index contributed by atoms with van der Waals surface area (Å²) in [5, 5.41) is -0.0538. The maximum absolute atomic E-state index is 16.7.